The van der Waals surface area contributed by atoms with Gasteiger partial charge in [0, 0.05) is 52.8 Å². The standard InChI is InChI=1S/C24H23BrN4O4S/c1-2-33-24(31)22-19(13-34(32)20-5-3-4-8-27-20)29(15-6-7-15)18-11-17(25)23(30)16(21(18)22)12-28-10-9-26-14-28/h3-5,8-11,14-15,30H,2,6-7,12-13H2,1H3. The van der Waals surface area contributed by atoms with Crippen molar-refractivity contribution < 1.29 is 19.2 Å². The monoisotopic (exact) mass is 542 g/mol. The van der Waals surface area contributed by atoms with E-state index in [1.807, 2.05) is 10.6 Å². The number of carbonyl (C=O) groups excluding carboxylic acids is 1. The van der Waals surface area contributed by atoms with Crippen LogP contribution >= 0.6 is 15.9 Å². The average Bonchev–Trinajstić information content (AvgIpc) is 3.43. The van der Waals surface area contributed by atoms with Gasteiger partial charge in [-0.25, -0.2) is 14.8 Å². The van der Waals surface area contributed by atoms with Crippen molar-refractivity contribution in [1.29, 1.82) is 0 Å². The fourth-order valence-corrected chi connectivity index (χ4v) is 5.81. The quantitative estimate of drug-likeness (QED) is 0.258. The van der Waals surface area contributed by atoms with Gasteiger partial charge >= 0.3 is 5.97 Å². The maximum absolute atomic E-state index is 13.3. The lowest BCUT2D eigenvalue weighted by Gasteiger charge is -2.14. The Labute approximate surface area is 207 Å². The van der Waals surface area contributed by atoms with Gasteiger partial charge in [0.2, 0.25) is 5.03 Å². The third kappa shape index (κ3) is 4.21. The van der Waals surface area contributed by atoms with Crippen LogP contribution in [0.5, 0.6) is 5.75 Å². The van der Waals surface area contributed by atoms with Crippen LogP contribution in [-0.4, -0.2) is 41.3 Å². The average molecular weight is 543 g/mol. The summed E-state index contributed by atoms with van der Waals surface area (Å²) in [5.74, 6) is -0.329. The van der Waals surface area contributed by atoms with Gasteiger partial charge in [0.25, 0.3) is 0 Å². The van der Waals surface area contributed by atoms with Crippen molar-refractivity contribution in [2.24, 2.45) is 0 Å². The van der Waals surface area contributed by atoms with E-state index in [0.29, 0.717) is 38.3 Å². The minimum Gasteiger partial charge on any atom is -0.610 e. The number of fused-ring (bicyclic) bond motifs is 1. The SMILES string of the molecule is CCOC(=O)c1c(C[S+]([O-])c2ccccn2)n(C2CC2)c2cc(Br)c(O)c(Cn3ccnc3)c12. The smallest absolute Gasteiger partial charge is 0.340 e. The zero-order valence-corrected chi connectivity index (χ0v) is 20.9. The van der Waals surface area contributed by atoms with Crippen LogP contribution in [0.3, 0.4) is 0 Å². The Kier molecular flexibility index (Phi) is 6.37. The second kappa shape index (κ2) is 9.44. The molecule has 3 heterocycles. The topological polar surface area (TPSA) is 105 Å². The molecule has 1 unspecified atom stereocenters. The van der Waals surface area contributed by atoms with Crippen LogP contribution in [0.2, 0.25) is 0 Å². The number of esters is 1. The molecule has 0 amide bonds. The first-order valence-electron chi connectivity index (χ1n) is 11.0. The number of halogens is 1. The number of phenolic OH excluding ortho intramolecular Hbond substituents is 1. The van der Waals surface area contributed by atoms with E-state index in [0.717, 1.165) is 18.4 Å². The largest absolute Gasteiger partial charge is 0.610 e. The van der Waals surface area contributed by atoms with E-state index in [-0.39, 0.29) is 24.2 Å². The molecule has 1 atom stereocenters. The minimum atomic E-state index is -1.47. The minimum absolute atomic E-state index is 0.0529. The van der Waals surface area contributed by atoms with Gasteiger partial charge < -0.3 is 23.5 Å². The summed E-state index contributed by atoms with van der Waals surface area (Å²) in [6.07, 6.45) is 8.65. The number of imidazole rings is 1. The number of rotatable bonds is 8. The van der Waals surface area contributed by atoms with Crippen molar-refractivity contribution >= 4 is 44.0 Å². The number of aromatic nitrogens is 4. The third-order valence-electron chi connectivity index (χ3n) is 5.85. The summed E-state index contributed by atoms with van der Waals surface area (Å²) < 4.78 is 23.2. The number of phenols is 1. The highest BCUT2D eigenvalue weighted by Gasteiger charge is 2.36. The number of aromatic hydroxyl groups is 1. The highest BCUT2D eigenvalue weighted by molar-refractivity contribution is 9.10. The van der Waals surface area contributed by atoms with Gasteiger partial charge in [-0.3, -0.25) is 0 Å². The second-order valence-electron chi connectivity index (χ2n) is 8.12. The first kappa shape index (κ1) is 22.9. The Morgan fingerprint density at radius 3 is 2.82 bits per heavy atom. The number of hydrogen-bond acceptors (Lipinski definition) is 6. The van der Waals surface area contributed by atoms with E-state index < -0.39 is 17.1 Å². The van der Waals surface area contributed by atoms with E-state index in [1.54, 1.807) is 50.0 Å². The molecule has 3 aromatic heterocycles. The summed E-state index contributed by atoms with van der Waals surface area (Å²) >= 11 is 2.02. The predicted octanol–water partition coefficient (Wildman–Crippen LogP) is 4.57. The molecule has 5 rings (SSSR count). The second-order valence-corrected chi connectivity index (χ2v) is 10.4. The van der Waals surface area contributed by atoms with Crippen LogP contribution in [0.25, 0.3) is 10.9 Å². The molecule has 1 aromatic carbocycles. The summed E-state index contributed by atoms with van der Waals surface area (Å²) in [5, 5.41) is 12.1. The molecule has 0 spiro atoms. The fraction of sp³-hybridized carbons (Fsp3) is 0.292. The van der Waals surface area contributed by atoms with Crippen molar-refractivity contribution in [1.82, 2.24) is 19.1 Å². The Balaban J connectivity index is 1.76. The van der Waals surface area contributed by atoms with Gasteiger partial charge in [-0.1, -0.05) is 6.07 Å². The summed E-state index contributed by atoms with van der Waals surface area (Å²) in [6.45, 7) is 2.27. The lowest BCUT2D eigenvalue weighted by atomic mass is 10.0. The number of ether oxygens (including phenoxy) is 1. The lowest BCUT2D eigenvalue weighted by Crippen LogP contribution is -2.15. The molecule has 0 radical (unpaired) electrons. The molecule has 1 fully saturated rings. The van der Waals surface area contributed by atoms with Crippen LogP contribution in [0.15, 0.2) is 58.7 Å². The van der Waals surface area contributed by atoms with Crippen molar-refractivity contribution in [3.05, 3.63) is 70.5 Å². The van der Waals surface area contributed by atoms with Gasteiger partial charge in [0.15, 0.2) is 5.75 Å². The Bertz CT molecular complexity index is 1340. The maximum atomic E-state index is 13.3. The highest BCUT2D eigenvalue weighted by atomic mass is 79.9. The highest BCUT2D eigenvalue weighted by Crippen LogP contribution is 2.46. The maximum Gasteiger partial charge on any atom is 0.340 e. The molecule has 1 N–H and O–H groups in total. The van der Waals surface area contributed by atoms with E-state index in [2.05, 4.69) is 30.5 Å². The molecule has 8 nitrogen and oxygen atoms in total. The molecule has 1 aliphatic rings. The summed E-state index contributed by atoms with van der Waals surface area (Å²) in [6, 6.07) is 7.31. The number of nitrogens with zero attached hydrogens (tertiary/aromatic N) is 4. The van der Waals surface area contributed by atoms with Crippen molar-refractivity contribution in [3.63, 3.8) is 0 Å². The normalized spacial score (nSPS) is 14.4. The van der Waals surface area contributed by atoms with Crippen molar-refractivity contribution in [3.8, 4) is 5.75 Å². The van der Waals surface area contributed by atoms with Gasteiger partial charge in [-0.05, 0) is 47.8 Å². The van der Waals surface area contributed by atoms with Crippen LogP contribution in [0.1, 0.15) is 47.4 Å². The summed E-state index contributed by atoms with van der Waals surface area (Å²) in [7, 11) is 0. The molecular weight excluding hydrogens is 520 g/mol. The molecule has 34 heavy (non-hydrogen) atoms. The molecule has 1 saturated carbocycles. The molecule has 4 aromatic rings. The Morgan fingerprint density at radius 1 is 1.35 bits per heavy atom. The lowest BCUT2D eigenvalue weighted by molar-refractivity contribution is 0.0527. The van der Waals surface area contributed by atoms with Gasteiger partial charge in [0.05, 0.1) is 40.7 Å². The number of benzene rings is 1. The molecule has 0 bridgehead atoms. The molecule has 176 valence electrons. The van der Waals surface area contributed by atoms with Gasteiger partial charge in [-0.2, -0.15) is 0 Å². The van der Waals surface area contributed by atoms with Crippen LogP contribution in [-0.2, 0) is 28.2 Å². The van der Waals surface area contributed by atoms with E-state index in [4.69, 9.17) is 4.74 Å². The fourth-order valence-electron chi connectivity index (χ4n) is 4.27. The summed E-state index contributed by atoms with van der Waals surface area (Å²) in [4.78, 5) is 21.7. The van der Waals surface area contributed by atoms with E-state index >= 15 is 0 Å². The first-order valence-corrected chi connectivity index (χ1v) is 13.1. The molecule has 0 aliphatic heterocycles. The number of pyridine rings is 1. The van der Waals surface area contributed by atoms with Crippen LogP contribution in [0.4, 0.5) is 0 Å². The van der Waals surface area contributed by atoms with Crippen molar-refractivity contribution in [2.45, 2.75) is 43.1 Å². The number of hydrogen-bond donors (Lipinski definition) is 1. The zero-order chi connectivity index (χ0) is 23.8. The first-order chi connectivity index (χ1) is 16.5. The third-order valence-corrected chi connectivity index (χ3v) is 7.70. The Morgan fingerprint density at radius 2 is 2.18 bits per heavy atom. The summed E-state index contributed by atoms with van der Waals surface area (Å²) in [5.41, 5.74) is 2.38. The number of carbonyl (C=O) groups is 1. The zero-order valence-electron chi connectivity index (χ0n) is 18.5. The van der Waals surface area contributed by atoms with Gasteiger partial charge in [-0.15, -0.1) is 0 Å². The van der Waals surface area contributed by atoms with Crippen molar-refractivity contribution in [2.75, 3.05) is 6.61 Å². The molecule has 10 heteroatoms. The van der Waals surface area contributed by atoms with Gasteiger partial charge in [0.1, 0.15) is 5.75 Å². The van der Waals surface area contributed by atoms with E-state index in [9.17, 15) is 14.5 Å². The van der Waals surface area contributed by atoms with E-state index in [1.165, 1.54) is 0 Å². The molecule has 1 aliphatic carbocycles. The predicted molar refractivity (Wildman–Crippen MR) is 131 cm³/mol. The Hall–Kier alpha value is -2.82. The molecule has 0 saturated heterocycles. The van der Waals surface area contributed by atoms with Crippen LogP contribution < -0.4 is 0 Å². The molecular formula is C24H23BrN4O4S. The van der Waals surface area contributed by atoms with Crippen LogP contribution in [0, 0.1) is 0 Å².